The third-order valence-electron chi connectivity index (χ3n) is 14.2. The predicted molar refractivity (Wildman–Crippen MR) is 287 cm³/mol. The highest BCUT2D eigenvalue weighted by Gasteiger charge is 2.28. The van der Waals surface area contributed by atoms with E-state index in [4.69, 9.17) is 18.8 Å². The number of furan rings is 2. The summed E-state index contributed by atoms with van der Waals surface area (Å²) in [4.78, 5) is 11.3. The molecule has 0 bridgehead atoms. The quantitative estimate of drug-likeness (QED) is 0.167. The molecule has 70 heavy (non-hydrogen) atoms. The molecule has 0 atom stereocenters. The Labute approximate surface area is 400 Å². The normalized spacial score (nSPS) is 12.0. The molecule has 6 nitrogen and oxygen atoms in total. The number of nitrogens with zero attached hydrogens (tertiary/aromatic N) is 4. The highest BCUT2D eigenvalue weighted by molar-refractivity contribution is 6.16. The number of hydrogen-bond donors (Lipinski definition) is 0. The summed E-state index contributed by atoms with van der Waals surface area (Å²) in [6, 6.07) is 81.3. The van der Waals surface area contributed by atoms with Crippen LogP contribution in [-0.2, 0) is 0 Å². The van der Waals surface area contributed by atoms with Crippen molar-refractivity contribution in [1.29, 1.82) is 0 Å². The van der Waals surface area contributed by atoms with E-state index < -0.39 is 0 Å². The minimum Gasteiger partial charge on any atom is -0.455 e. The van der Waals surface area contributed by atoms with Gasteiger partial charge < -0.3 is 18.0 Å². The van der Waals surface area contributed by atoms with Crippen molar-refractivity contribution in [3.63, 3.8) is 0 Å². The SMILES string of the molecule is c1ccc(-c2nc(-c3cccc4c3oc3ccccc34)c(-n3c4ccccc4c4cc(-c5ccc6c(c5)c5ccccc5n6-c5ccccc5)ccc43)c(-c3cccc4c3oc3ccccc34)n2)cc1. The molecule has 6 heteroatoms. The molecule has 10 aromatic carbocycles. The van der Waals surface area contributed by atoms with E-state index in [0.29, 0.717) is 5.82 Å². The first-order valence-corrected chi connectivity index (χ1v) is 23.6. The molecular formula is C64H38N4O2. The van der Waals surface area contributed by atoms with Crippen LogP contribution in [0, 0.1) is 0 Å². The van der Waals surface area contributed by atoms with E-state index in [-0.39, 0.29) is 0 Å². The molecule has 326 valence electrons. The van der Waals surface area contributed by atoms with Gasteiger partial charge >= 0.3 is 0 Å². The van der Waals surface area contributed by atoms with Crippen LogP contribution in [0.4, 0.5) is 0 Å². The zero-order chi connectivity index (χ0) is 45.9. The van der Waals surface area contributed by atoms with E-state index >= 15 is 0 Å². The molecule has 0 unspecified atom stereocenters. The van der Waals surface area contributed by atoms with Crippen molar-refractivity contribution < 1.29 is 8.83 Å². The lowest BCUT2D eigenvalue weighted by Crippen LogP contribution is -2.07. The summed E-state index contributed by atoms with van der Waals surface area (Å²) in [5, 5.41) is 8.83. The molecule has 0 spiro atoms. The number of fused-ring (bicyclic) bond motifs is 12. The van der Waals surface area contributed by atoms with Crippen LogP contribution >= 0.6 is 0 Å². The topological polar surface area (TPSA) is 61.9 Å². The molecule has 5 heterocycles. The summed E-state index contributed by atoms with van der Waals surface area (Å²) in [7, 11) is 0. The smallest absolute Gasteiger partial charge is 0.160 e. The van der Waals surface area contributed by atoms with Gasteiger partial charge in [-0.2, -0.15) is 0 Å². The first kappa shape index (κ1) is 38.6. The fourth-order valence-electron chi connectivity index (χ4n) is 11.0. The Balaban J connectivity index is 1.04. The second-order valence-electron chi connectivity index (χ2n) is 18.0. The van der Waals surface area contributed by atoms with E-state index in [2.05, 4.69) is 197 Å². The predicted octanol–water partition coefficient (Wildman–Crippen LogP) is 17.1. The minimum absolute atomic E-state index is 0.600. The molecule has 0 aliphatic rings. The van der Waals surface area contributed by atoms with E-state index in [1.165, 1.54) is 21.8 Å². The number of para-hydroxylation sites is 7. The molecule has 15 aromatic rings. The van der Waals surface area contributed by atoms with Crippen LogP contribution < -0.4 is 0 Å². The van der Waals surface area contributed by atoms with Crippen molar-refractivity contribution in [2.45, 2.75) is 0 Å². The average molecular weight is 895 g/mol. The highest BCUT2D eigenvalue weighted by Crippen LogP contribution is 2.47. The zero-order valence-corrected chi connectivity index (χ0v) is 37.5. The lowest BCUT2D eigenvalue weighted by Gasteiger charge is -2.19. The fourth-order valence-corrected chi connectivity index (χ4v) is 11.0. The van der Waals surface area contributed by atoms with Crippen LogP contribution in [0.5, 0.6) is 0 Å². The second kappa shape index (κ2) is 15.0. The Morgan fingerprint density at radius 1 is 0.300 bits per heavy atom. The van der Waals surface area contributed by atoms with E-state index in [1.807, 2.05) is 42.5 Å². The Morgan fingerprint density at radius 2 is 0.729 bits per heavy atom. The molecule has 0 N–H and O–H groups in total. The van der Waals surface area contributed by atoms with Gasteiger partial charge in [0.25, 0.3) is 0 Å². The summed E-state index contributed by atoms with van der Waals surface area (Å²) in [6.45, 7) is 0. The van der Waals surface area contributed by atoms with Crippen molar-refractivity contribution >= 4 is 87.5 Å². The van der Waals surface area contributed by atoms with Crippen molar-refractivity contribution in [2.24, 2.45) is 0 Å². The minimum atomic E-state index is 0.600. The van der Waals surface area contributed by atoms with Crippen LogP contribution in [0.2, 0.25) is 0 Å². The van der Waals surface area contributed by atoms with Gasteiger partial charge in [-0.25, -0.2) is 9.97 Å². The first-order chi connectivity index (χ1) is 34.7. The monoisotopic (exact) mass is 894 g/mol. The molecule has 0 aliphatic heterocycles. The number of aromatic nitrogens is 4. The van der Waals surface area contributed by atoms with Gasteiger partial charge in [-0.1, -0.05) is 158 Å². The summed E-state index contributed by atoms with van der Waals surface area (Å²) >= 11 is 0. The molecule has 0 amide bonds. The van der Waals surface area contributed by atoms with Gasteiger partial charge in [0.2, 0.25) is 0 Å². The van der Waals surface area contributed by atoms with Gasteiger partial charge in [0.1, 0.15) is 33.7 Å². The molecule has 0 saturated heterocycles. The maximum atomic E-state index is 6.85. The van der Waals surface area contributed by atoms with Gasteiger partial charge in [0.15, 0.2) is 5.82 Å². The maximum Gasteiger partial charge on any atom is 0.160 e. The van der Waals surface area contributed by atoms with Crippen LogP contribution in [0.3, 0.4) is 0 Å². The van der Waals surface area contributed by atoms with Gasteiger partial charge in [0.05, 0.1) is 27.8 Å². The number of hydrogen-bond acceptors (Lipinski definition) is 4. The van der Waals surface area contributed by atoms with Gasteiger partial charge in [0, 0.05) is 65.5 Å². The van der Waals surface area contributed by atoms with Crippen molar-refractivity contribution in [1.82, 2.24) is 19.1 Å². The molecule has 0 radical (unpaired) electrons. The highest BCUT2D eigenvalue weighted by atomic mass is 16.3. The molecule has 0 saturated carbocycles. The number of benzene rings is 10. The van der Waals surface area contributed by atoms with Gasteiger partial charge in [-0.15, -0.1) is 0 Å². The fraction of sp³-hybridized carbons (Fsp3) is 0. The largest absolute Gasteiger partial charge is 0.455 e. The Hall–Kier alpha value is -9.52. The third-order valence-corrected chi connectivity index (χ3v) is 14.2. The maximum absolute atomic E-state index is 6.85. The Bertz CT molecular complexity index is 4460. The third kappa shape index (κ3) is 5.68. The van der Waals surface area contributed by atoms with Crippen LogP contribution in [-0.4, -0.2) is 19.1 Å². The van der Waals surface area contributed by atoms with Crippen molar-refractivity contribution in [3.8, 4) is 56.4 Å². The van der Waals surface area contributed by atoms with Gasteiger partial charge in [-0.05, 0) is 83.9 Å². The summed E-state index contributed by atoms with van der Waals surface area (Å²) in [5.41, 5.74) is 16.0. The summed E-state index contributed by atoms with van der Waals surface area (Å²) < 4.78 is 18.4. The molecule has 15 rings (SSSR count). The van der Waals surface area contributed by atoms with Crippen LogP contribution in [0.25, 0.3) is 144 Å². The van der Waals surface area contributed by atoms with Crippen molar-refractivity contribution in [3.05, 3.63) is 231 Å². The lowest BCUT2D eigenvalue weighted by molar-refractivity contribution is 0.669. The first-order valence-electron chi connectivity index (χ1n) is 23.6. The van der Waals surface area contributed by atoms with E-state index in [1.54, 1.807) is 0 Å². The van der Waals surface area contributed by atoms with Gasteiger partial charge in [-0.3, -0.25) is 0 Å². The number of rotatable bonds is 6. The lowest BCUT2D eigenvalue weighted by atomic mass is 9.99. The zero-order valence-electron chi connectivity index (χ0n) is 37.5. The molecule has 0 fully saturated rings. The van der Waals surface area contributed by atoms with E-state index in [9.17, 15) is 0 Å². The Morgan fingerprint density at radius 3 is 1.29 bits per heavy atom. The van der Waals surface area contributed by atoms with E-state index in [0.717, 1.165) is 116 Å². The molecule has 5 aromatic heterocycles. The molecule has 0 aliphatic carbocycles. The standard InChI is InChI=1S/C64H38N4O2/c1-3-17-39(18-4-1)64-65-59(49-27-15-25-47-45-23-9-13-31-57(45)69-62(47)49)61(60(66-64)50-28-16-26-48-46-24-10-14-32-58(46)70-63(48)50)68-54-30-12-8-22-44(54)52-38-41(34-36-56(52)68)40-33-35-55-51(37-40)43-21-7-11-29-53(43)67(55)42-19-5-2-6-20-42/h1-38H. The Kier molecular flexibility index (Phi) is 8.26. The second-order valence-corrected chi connectivity index (χ2v) is 18.0. The van der Waals surface area contributed by atoms with Crippen LogP contribution in [0.1, 0.15) is 0 Å². The summed E-state index contributed by atoms with van der Waals surface area (Å²) in [5.74, 6) is 0.600. The average Bonchev–Trinajstić information content (AvgIpc) is 4.19. The summed E-state index contributed by atoms with van der Waals surface area (Å²) in [6.07, 6.45) is 0. The molecular weight excluding hydrogens is 857 g/mol. The van der Waals surface area contributed by atoms with Crippen molar-refractivity contribution in [2.75, 3.05) is 0 Å². The van der Waals surface area contributed by atoms with Crippen LogP contribution in [0.15, 0.2) is 239 Å².